The molecule has 2 N–H and O–H groups in total. The Bertz CT molecular complexity index is 1200. The zero-order valence-corrected chi connectivity index (χ0v) is 20.5. The quantitative estimate of drug-likeness (QED) is 0.316. The number of carboxylic acids is 1. The third kappa shape index (κ3) is 6.18. The SMILES string of the molecule is CCCSc1ccc2cc(C(CCC)c3ccc(C(=O)NCCC(=O)O)cc3)ccc2c1C#N. The molecule has 0 fully saturated rings. The Kier molecular flexibility index (Phi) is 9.12. The number of carbonyl (C=O) groups is 2. The molecule has 6 heteroatoms. The molecule has 0 bridgehead atoms. The minimum absolute atomic E-state index is 0.101. The second-order valence-corrected chi connectivity index (χ2v) is 9.38. The lowest BCUT2D eigenvalue weighted by Gasteiger charge is -2.19. The highest BCUT2D eigenvalue weighted by molar-refractivity contribution is 7.99. The van der Waals surface area contributed by atoms with Gasteiger partial charge >= 0.3 is 5.97 Å². The fourth-order valence-corrected chi connectivity index (χ4v) is 4.95. The smallest absolute Gasteiger partial charge is 0.305 e. The zero-order valence-electron chi connectivity index (χ0n) is 19.6. The predicted molar refractivity (Wildman–Crippen MR) is 137 cm³/mol. The van der Waals surface area contributed by atoms with E-state index in [-0.39, 0.29) is 24.8 Å². The lowest BCUT2D eigenvalue weighted by Crippen LogP contribution is -2.25. The molecule has 34 heavy (non-hydrogen) atoms. The average Bonchev–Trinajstić information content (AvgIpc) is 2.85. The van der Waals surface area contributed by atoms with Crippen LogP contribution in [0.15, 0.2) is 59.5 Å². The van der Waals surface area contributed by atoms with Crippen LogP contribution in [0.5, 0.6) is 0 Å². The van der Waals surface area contributed by atoms with E-state index in [0.717, 1.165) is 51.8 Å². The molecule has 0 saturated carbocycles. The van der Waals surface area contributed by atoms with Crippen molar-refractivity contribution < 1.29 is 14.7 Å². The molecule has 3 aromatic carbocycles. The minimum Gasteiger partial charge on any atom is -0.481 e. The fourth-order valence-electron chi connectivity index (χ4n) is 4.06. The first-order valence-electron chi connectivity index (χ1n) is 11.7. The van der Waals surface area contributed by atoms with Crippen molar-refractivity contribution in [1.29, 1.82) is 5.26 Å². The number of thioether (sulfide) groups is 1. The van der Waals surface area contributed by atoms with Crippen LogP contribution in [0, 0.1) is 11.3 Å². The number of benzene rings is 3. The van der Waals surface area contributed by atoms with Gasteiger partial charge in [0.1, 0.15) is 6.07 Å². The van der Waals surface area contributed by atoms with Gasteiger partial charge in [-0.25, -0.2) is 0 Å². The molecule has 1 amide bonds. The maximum Gasteiger partial charge on any atom is 0.305 e. The molecule has 0 saturated heterocycles. The van der Waals surface area contributed by atoms with Crippen LogP contribution in [-0.2, 0) is 4.79 Å². The Morgan fingerprint density at radius 2 is 1.76 bits per heavy atom. The Labute approximate surface area is 205 Å². The third-order valence-electron chi connectivity index (χ3n) is 5.76. The number of aliphatic carboxylic acids is 1. The van der Waals surface area contributed by atoms with Crippen LogP contribution in [0.3, 0.4) is 0 Å². The fraction of sp³-hybridized carbons (Fsp3) is 0.321. The zero-order chi connectivity index (χ0) is 24.5. The topological polar surface area (TPSA) is 90.2 Å². The van der Waals surface area contributed by atoms with Crippen LogP contribution in [0.2, 0.25) is 0 Å². The standard InChI is InChI=1S/C28H30N2O3S/c1-3-5-23(19-6-8-20(9-7-19)28(33)30-15-14-27(31)32)21-10-12-24-22(17-21)11-13-26(25(24)18-29)34-16-4-2/h6-13,17,23H,3-5,14-16H2,1-2H3,(H,30,33)(H,31,32). The summed E-state index contributed by atoms with van der Waals surface area (Å²) in [4.78, 5) is 23.9. The number of carboxylic acid groups (broad SMARTS) is 1. The molecule has 1 unspecified atom stereocenters. The molecular formula is C28H30N2O3S. The summed E-state index contributed by atoms with van der Waals surface area (Å²) in [5.74, 6) is -0.0412. The van der Waals surface area contributed by atoms with Crippen molar-refractivity contribution in [3.8, 4) is 6.07 Å². The summed E-state index contributed by atoms with van der Waals surface area (Å²) in [5.41, 5.74) is 3.57. The van der Waals surface area contributed by atoms with E-state index in [1.807, 2.05) is 12.1 Å². The summed E-state index contributed by atoms with van der Waals surface area (Å²) in [6, 6.07) is 20.4. The summed E-state index contributed by atoms with van der Waals surface area (Å²) in [5, 5.41) is 23.2. The Balaban J connectivity index is 1.87. The normalized spacial score (nSPS) is 11.7. The van der Waals surface area contributed by atoms with E-state index < -0.39 is 5.97 Å². The van der Waals surface area contributed by atoms with Gasteiger partial charge in [0.2, 0.25) is 0 Å². The van der Waals surface area contributed by atoms with Crippen LogP contribution in [0.1, 0.15) is 72.5 Å². The predicted octanol–water partition coefficient (Wildman–Crippen LogP) is 6.35. The van der Waals surface area contributed by atoms with E-state index in [1.165, 1.54) is 5.56 Å². The number of rotatable bonds is 11. The Morgan fingerprint density at radius 1 is 1.03 bits per heavy atom. The van der Waals surface area contributed by atoms with E-state index in [9.17, 15) is 14.9 Å². The molecule has 0 aliphatic rings. The monoisotopic (exact) mass is 474 g/mol. The highest BCUT2D eigenvalue weighted by Crippen LogP contribution is 2.35. The molecule has 3 aromatic rings. The van der Waals surface area contributed by atoms with Gasteiger partial charge < -0.3 is 10.4 Å². The number of nitrogens with one attached hydrogen (secondary N) is 1. The highest BCUT2D eigenvalue weighted by Gasteiger charge is 2.16. The van der Waals surface area contributed by atoms with Crippen molar-refractivity contribution in [3.05, 3.63) is 76.9 Å². The first kappa shape index (κ1) is 25.3. The number of nitrogens with zero attached hydrogens (tertiary/aromatic N) is 1. The van der Waals surface area contributed by atoms with Crippen LogP contribution in [0.4, 0.5) is 0 Å². The van der Waals surface area contributed by atoms with Crippen molar-refractivity contribution in [2.75, 3.05) is 12.3 Å². The van der Waals surface area contributed by atoms with Crippen molar-refractivity contribution >= 4 is 34.4 Å². The van der Waals surface area contributed by atoms with Gasteiger partial charge in [0.05, 0.1) is 12.0 Å². The largest absolute Gasteiger partial charge is 0.481 e. The number of fused-ring (bicyclic) bond motifs is 1. The second kappa shape index (κ2) is 12.2. The number of hydrogen-bond donors (Lipinski definition) is 2. The Morgan fingerprint density at radius 3 is 2.41 bits per heavy atom. The third-order valence-corrected chi connectivity index (χ3v) is 7.02. The molecule has 0 aromatic heterocycles. The van der Waals surface area contributed by atoms with E-state index in [1.54, 1.807) is 23.9 Å². The number of amides is 1. The van der Waals surface area contributed by atoms with Gasteiger partial charge in [-0.1, -0.05) is 56.7 Å². The highest BCUT2D eigenvalue weighted by atomic mass is 32.2. The molecule has 1 atom stereocenters. The Hall–Kier alpha value is -3.30. The number of hydrogen-bond acceptors (Lipinski definition) is 4. The lowest BCUT2D eigenvalue weighted by molar-refractivity contribution is -0.136. The van der Waals surface area contributed by atoms with Crippen LogP contribution in [0.25, 0.3) is 10.8 Å². The van der Waals surface area contributed by atoms with Gasteiger partial charge in [0.15, 0.2) is 0 Å². The molecule has 0 aliphatic heterocycles. The van der Waals surface area contributed by atoms with Crippen molar-refractivity contribution in [3.63, 3.8) is 0 Å². The van der Waals surface area contributed by atoms with Crippen molar-refractivity contribution in [2.24, 2.45) is 0 Å². The maximum absolute atomic E-state index is 12.3. The number of carbonyl (C=O) groups excluding carboxylic acids is 1. The van der Waals surface area contributed by atoms with Crippen LogP contribution < -0.4 is 5.32 Å². The first-order chi connectivity index (χ1) is 16.5. The summed E-state index contributed by atoms with van der Waals surface area (Å²) < 4.78 is 0. The average molecular weight is 475 g/mol. The van der Waals surface area contributed by atoms with Crippen molar-refractivity contribution in [2.45, 2.75) is 50.3 Å². The molecule has 5 nitrogen and oxygen atoms in total. The van der Waals surface area contributed by atoms with E-state index >= 15 is 0 Å². The molecule has 0 spiro atoms. The van der Waals surface area contributed by atoms with E-state index in [2.05, 4.69) is 55.6 Å². The van der Waals surface area contributed by atoms with Gasteiger partial charge in [0, 0.05) is 28.3 Å². The van der Waals surface area contributed by atoms with Crippen molar-refractivity contribution in [1.82, 2.24) is 5.32 Å². The molecule has 0 heterocycles. The molecule has 176 valence electrons. The van der Waals surface area contributed by atoms with Crippen LogP contribution >= 0.6 is 11.8 Å². The lowest BCUT2D eigenvalue weighted by atomic mass is 9.86. The maximum atomic E-state index is 12.3. The van der Waals surface area contributed by atoms with Gasteiger partial charge in [-0.3, -0.25) is 9.59 Å². The van der Waals surface area contributed by atoms with Gasteiger partial charge in [0.25, 0.3) is 5.91 Å². The summed E-state index contributed by atoms with van der Waals surface area (Å²) in [6.45, 7) is 4.40. The first-order valence-corrected chi connectivity index (χ1v) is 12.7. The van der Waals surface area contributed by atoms with E-state index in [4.69, 9.17) is 5.11 Å². The summed E-state index contributed by atoms with van der Waals surface area (Å²) in [7, 11) is 0. The molecule has 0 radical (unpaired) electrons. The molecule has 0 aliphatic carbocycles. The molecule has 3 rings (SSSR count). The van der Waals surface area contributed by atoms with E-state index in [0.29, 0.717) is 5.56 Å². The summed E-state index contributed by atoms with van der Waals surface area (Å²) in [6.07, 6.45) is 2.94. The number of nitriles is 1. The minimum atomic E-state index is -0.939. The van der Waals surface area contributed by atoms with Gasteiger partial charge in [-0.05, 0) is 53.3 Å². The van der Waals surface area contributed by atoms with Gasteiger partial charge in [-0.2, -0.15) is 5.26 Å². The summed E-state index contributed by atoms with van der Waals surface area (Å²) >= 11 is 1.73. The second-order valence-electron chi connectivity index (χ2n) is 8.24. The van der Waals surface area contributed by atoms with Crippen LogP contribution in [-0.4, -0.2) is 29.3 Å². The van der Waals surface area contributed by atoms with Gasteiger partial charge in [-0.15, -0.1) is 11.8 Å². The molecular weight excluding hydrogens is 444 g/mol.